The van der Waals surface area contributed by atoms with Crippen molar-refractivity contribution >= 4 is 27.9 Å². The Bertz CT molecular complexity index is 1490. The maximum atomic E-state index is 6.26. The molecule has 0 bridgehead atoms. The number of fused-ring (bicyclic) bond motifs is 2. The average molecular weight is 484 g/mol. The van der Waals surface area contributed by atoms with Crippen molar-refractivity contribution in [3.8, 4) is 17.4 Å². The number of rotatable bonds is 8. The summed E-state index contributed by atoms with van der Waals surface area (Å²) in [6, 6.07) is 13.9. The van der Waals surface area contributed by atoms with Crippen LogP contribution in [0.15, 0.2) is 61.4 Å². The largest absolute Gasteiger partial charge is 0.493 e. The van der Waals surface area contributed by atoms with Crippen LogP contribution in [0.5, 0.6) is 17.4 Å². The van der Waals surface area contributed by atoms with E-state index in [2.05, 4.69) is 34.8 Å². The zero-order valence-electron chi connectivity index (χ0n) is 19.8. The Hall–Kier alpha value is -4.47. The highest BCUT2D eigenvalue weighted by atomic mass is 16.5. The summed E-state index contributed by atoms with van der Waals surface area (Å²) in [4.78, 5) is 27.3. The van der Waals surface area contributed by atoms with E-state index >= 15 is 0 Å². The lowest BCUT2D eigenvalue weighted by Crippen LogP contribution is -2.35. The highest BCUT2D eigenvalue weighted by Crippen LogP contribution is 2.35. The molecule has 0 radical (unpaired) electrons. The van der Waals surface area contributed by atoms with Crippen molar-refractivity contribution in [3.05, 3.63) is 67.0 Å². The van der Waals surface area contributed by atoms with Gasteiger partial charge in [-0.25, -0.2) is 24.9 Å². The number of aromatic nitrogens is 6. The molecule has 1 fully saturated rings. The summed E-state index contributed by atoms with van der Waals surface area (Å²) in [5.41, 5.74) is 3.29. The normalized spacial score (nSPS) is 15.5. The van der Waals surface area contributed by atoms with Crippen molar-refractivity contribution in [2.75, 3.05) is 25.2 Å². The van der Waals surface area contributed by atoms with Crippen molar-refractivity contribution < 1.29 is 14.2 Å². The van der Waals surface area contributed by atoms with E-state index < -0.39 is 0 Å². The zero-order valence-corrected chi connectivity index (χ0v) is 19.8. The molecule has 182 valence electrons. The number of nitrogens with zero attached hydrogens (tertiary/aromatic N) is 6. The van der Waals surface area contributed by atoms with Gasteiger partial charge in [-0.15, -0.1) is 0 Å². The summed E-state index contributed by atoms with van der Waals surface area (Å²) in [5.74, 6) is 2.55. The number of hydrogen-bond donors (Lipinski definition) is 1. The highest BCUT2D eigenvalue weighted by Gasteiger charge is 2.29. The Morgan fingerprint density at radius 3 is 2.75 bits per heavy atom. The molecule has 1 aliphatic heterocycles. The molecule has 1 aliphatic rings. The molecular weight excluding hydrogens is 458 g/mol. The molecule has 0 amide bonds. The van der Waals surface area contributed by atoms with Gasteiger partial charge in [-0.2, -0.15) is 0 Å². The van der Waals surface area contributed by atoms with E-state index in [0.29, 0.717) is 30.6 Å². The van der Waals surface area contributed by atoms with Gasteiger partial charge in [0.1, 0.15) is 31.4 Å². The summed E-state index contributed by atoms with van der Waals surface area (Å²) < 4.78 is 17.9. The van der Waals surface area contributed by atoms with Crippen LogP contribution in [0.25, 0.3) is 22.1 Å². The zero-order chi connectivity index (χ0) is 24.3. The molecule has 1 atom stereocenters. The quantitative estimate of drug-likeness (QED) is 0.351. The van der Waals surface area contributed by atoms with E-state index in [4.69, 9.17) is 14.2 Å². The number of aromatic amines is 1. The summed E-state index contributed by atoms with van der Waals surface area (Å²) in [6.07, 6.45) is 6.75. The summed E-state index contributed by atoms with van der Waals surface area (Å²) in [7, 11) is 1.62. The van der Waals surface area contributed by atoms with Gasteiger partial charge in [0, 0.05) is 12.6 Å². The van der Waals surface area contributed by atoms with E-state index in [1.54, 1.807) is 19.8 Å². The number of H-pyrrole nitrogens is 1. The minimum absolute atomic E-state index is 0.139. The topological polar surface area (TPSA) is 111 Å². The van der Waals surface area contributed by atoms with Gasteiger partial charge in [-0.3, -0.25) is 0 Å². The Labute approximate surface area is 207 Å². The average Bonchev–Trinajstić information content (AvgIpc) is 3.60. The maximum Gasteiger partial charge on any atom is 0.224 e. The van der Waals surface area contributed by atoms with E-state index in [1.165, 1.54) is 6.33 Å². The molecule has 0 aliphatic carbocycles. The minimum Gasteiger partial charge on any atom is -0.493 e. The summed E-state index contributed by atoms with van der Waals surface area (Å²) in [6.45, 7) is 1.77. The van der Waals surface area contributed by atoms with Crippen molar-refractivity contribution in [1.29, 1.82) is 0 Å². The van der Waals surface area contributed by atoms with Gasteiger partial charge in [0.2, 0.25) is 5.88 Å². The van der Waals surface area contributed by atoms with Crippen LogP contribution in [-0.2, 0) is 6.61 Å². The molecule has 10 heteroatoms. The monoisotopic (exact) mass is 483 g/mol. The molecule has 0 saturated carbocycles. The predicted molar refractivity (Wildman–Crippen MR) is 134 cm³/mol. The van der Waals surface area contributed by atoms with Gasteiger partial charge >= 0.3 is 0 Å². The van der Waals surface area contributed by atoms with Gasteiger partial charge in [0.25, 0.3) is 0 Å². The number of nitrogens with one attached hydrogen (secondary N) is 1. The fourth-order valence-corrected chi connectivity index (χ4v) is 4.59. The fraction of sp³-hybridized carbons (Fsp3) is 0.269. The smallest absolute Gasteiger partial charge is 0.224 e. The second-order valence-electron chi connectivity index (χ2n) is 8.57. The molecule has 0 spiro atoms. The first-order valence-electron chi connectivity index (χ1n) is 11.8. The first kappa shape index (κ1) is 22.0. The fourth-order valence-electron chi connectivity index (χ4n) is 4.59. The Morgan fingerprint density at radius 1 is 0.972 bits per heavy atom. The first-order valence-corrected chi connectivity index (χ1v) is 11.8. The van der Waals surface area contributed by atoms with Crippen LogP contribution < -0.4 is 19.1 Å². The second-order valence-corrected chi connectivity index (χ2v) is 8.57. The molecule has 3 aromatic heterocycles. The molecule has 5 aromatic rings. The molecule has 10 nitrogen and oxygen atoms in total. The third kappa shape index (κ3) is 4.21. The molecule has 1 unspecified atom stereocenters. The molecule has 4 heterocycles. The van der Waals surface area contributed by atoms with E-state index in [0.717, 1.165) is 52.8 Å². The van der Waals surface area contributed by atoms with E-state index in [9.17, 15) is 0 Å². The van der Waals surface area contributed by atoms with Crippen molar-refractivity contribution in [2.45, 2.75) is 25.5 Å². The van der Waals surface area contributed by atoms with Crippen LogP contribution in [0.2, 0.25) is 0 Å². The van der Waals surface area contributed by atoms with E-state index in [-0.39, 0.29) is 6.04 Å². The van der Waals surface area contributed by atoms with Gasteiger partial charge in [-0.1, -0.05) is 30.3 Å². The molecular formula is C26H25N7O3. The Morgan fingerprint density at radius 2 is 1.86 bits per heavy atom. The summed E-state index contributed by atoms with van der Waals surface area (Å²) in [5, 5.41) is 0.766. The Kier molecular flexibility index (Phi) is 5.90. The van der Waals surface area contributed by atoms with Crippen LogP contribution in [0.3, 0.4) is 0 Å². The van der Waals surface area contributed by atoms with Crippen LogP contribution in [0.1, 0.15) is 18.4 Å². The standard InChI is InChI=1S/C26H25N7O3/c1-34-21-10-19-20(11-22(21)35-12-17-6-3-2-4-7-17)27-14-32-26(19)36-13-18-8-5-9-33(18)25-23-24(29-15-28-23)30-16-31-25/h2-4,6-7,10-11,14-16,18H,5,8-9,12-13H2,1H3,(H,28,29,30,31). The van der Waals surface area contributed by atoms with Gasteiger partial charge in [0.15, 0.2) is 23.0 Å². The highest BCUT2D eigenvalue weighted by molar-refractivity contribution is 5.87. The lowest BCUT2D eigenvalue weighted by molar-refractivity contribution is 0.279. The lowest BCUT2D eigenvalue weighted by atomic mass is 10.2. The minimum atomic E-state index is 0.139. The van der Waals surface area contributed by atoms with Crippen molar-refractivity contribution in [3.63, 3.8) is 0 Å². The third-order valence-corrected chi connectivity index (χ3v) is 6.38. The number of ether oxygens (including phenoxy) is 3. The molecule has 6 rings (SSSR count). The number of imidazole rings is 1. The summed E-state index contributed by atoms with van der Waals surface area (Å²) >= 11 is 0. The van der Waals surface area contributed by atoms with Crippen LogP contribution in [-0.4, -0.2) is 56.2 Å². The second kappa shape index (κ2) is 9.65. The van der Waals surface area contributed by atoms with E-state index in [1.807, 2.05) is 42.5 Å². The SMILES string of the molecule is COc1cc2c(OCC3CCCN3c3ncnc4[nH]cnc34)ncnc2cc1OCc1ccccc1. The van der Waals surface area contributed by atoms with Crippen LogP contribution >= 0.6 is 0 Å². The first-order chi connectivity index (χ1) is 17.8. The lowest BCUT2D eigenvalue weighted by Gasteiger charge is -2.25. The predicted octanol–water partition coefficient (Wildman–Crippen LogP) is 3.93. The van der Waals surface area contributed by atoms with Crippen LogP contribution in [0, 0.1) is 0 Å². The molecule has 1 saturated heterocycles. The van der Waals surface area contributed by atoms with Crippen LogP contribution in [0.4, 0.5) is 5.82 Å². The molecule has 36 heavy (non-hydrogen) atoms. The van der Waals surface area contributed by atoms with Gasteiger partial charge in [0.05, 0.1) is 30.4 Å². The van der Waals surface area contributed by atoms with Crippen molar-refractivity contribution in [1.82, 2.24) is 29.9 Å². The molecule has 1 N–H and O–H groups in total. The Balaban J connectivity index is 1.22. The maximum absolute atomic E-state index is 6.26. The third-order valence-electron chi connectivity index (χ3n) is 6.38. The van der Waals surface area contributed by atoms with Crippen molar-refractivity contribution in [2.24, 2.45) is 0 Å². The molecule has 2 aromatic carbocycles. The number of hydrogen-bond acceptors (Lipinski definition) is 9. The number of anilines is 1. The van der Waals surface area contributed by atoms with Gasteiger partial charge in [-0.05, 0) is 24.5 Å². The number of benzene rings is 2. The van der Waals surface area contributed by atoms with Gasteiger partial charge < -0.3 is 24.1 Å². The number of methoxy groups -OCH3 is 1.